The van der Waals surface area contributed by atoms with E-state index < -0.39 is 21.9 Å². The topological polar surface area (TPSA) is 92.8 Å². The molecule has 0 spiro atoms. The van der Waals surface area contributed by atoms with Crippen molar-refractivity contribution < 1.29 is 22.7 Å². The van der Waals surface area contributed by atoms with Gasteiger partial charge >= 0.3 is 5.97 Å². The van der Waals surface area contributed by atoms with Gasteiger partial charge in [-0.15, -0.1) is 11.3 Å². The van der Waals surface area contributed by atoms with Crippen molar-refractivity contribution in [3.05, 3.63) is 51.9 Å². The summed E-state index contributed by atoms with van der Waals surface area (Å²) in [6.07, 6.45) is 6.31. The Balaban J connectivity index is 1.40. The number of benzene rings is 1. The predicted molar refractivity (Wildman–Crippen MR) is 134 cm³/mol. The smallest absolute Gasteiger partial charge is 0.341 e. The molecule has 1 aliphatic carbocycles. The molecule has 4 rings (SSSR count). The highest BCUT2D eigenvalue weighted by Gasteiger charge is 2.34. The molecule has 1 aromatic carbocycles. The fourth-order valence-corrected chi connectivity index (χ4v) is 7.69. The largest absolute Gasteiger partial charge is 0.465 e. The molecule has 0 bridgehead atoms. The number of anilines is 1. The lowest BCUT2D eigenvalue weighted by Gasteiger charge is -2.31. The maximum Gasteiger partial charge on any atom is 0.341 e. The lowest BCUT2D eigenvalue weighted by molar-refractivity contribution is -0.120. The van der Waals surface area contributed by atoms with Crippen molar-refractivity contribution in [3.8, 4) is 0 Å². The fraction of sp³-hybridized carbons (Fsp3) is 0.520. The number of carbonyl (C=O) groups is 2. The van der Waals surface area contributed by atoms with Crippen molar-refractivity contribution in [3.63, 3.8) is 0 Å². The predicted octanol–water partition coefficient (Wildman–Crippen LogP) is 4.03. The van der Waals surface area contributed by atoms with Gasteiger partial charge in [-0.05, 0) is 62.5 Å². The second-order valence-corrected chi connectivity index (χ2v) is 12.2. The first-order chi connectivity index (χ1) is 16.4. The Labute approximate surface area is 205 Å². The van der Waals surface area contributed by atoms with Crippen LogP contribution in [0.25, 0.3) is 0 Å². The SMILES string of the molecule is COC(=O)c1c(NC(=O)[C@H]2CCCN(S(=O)(=O)CCCc3ccccc3)C2)sc2c1CCCC2. The molecule has 2 heterocycles. The number of hydrogen-bond acceptors (Lipinski definition) is 6. The number of piperidine rings is 1. The van der Waals surface area contributed by atoms with Gasteiger partial charge in [-0.2, -0.15) is 0 Å². The van der Waals surface area contributed by atoms with Crippen LogP contribution in [0.1, 0.15) is 58.5 Å². The third kappa shape index (κ3) is 5.70. The van der Waals surface area contributed by atoms with Gasteiger partial charge in [0.15, 0.2) is 0 Å². The van der Waals surface area contributed by atoms with Crippen molar-refractivity contribution in [1.29, 1.82) is 0 Å². The van der Waals surface area contributed by atoms with Gasteiger partial charge in [-0.1, -0.05) is 30.3 Å². The van der Waals surface area contributed by atoms with Crippen LogP contribution in [0.4, 0.5) is 5.00 Å². The number of rotatable bonds is 8. The first kappa shape index (κ1) is 24.9. The van der Waals surface area contributed by atoms with Gasteiger partial charge in [0.1, 0.15) is 5.00 Å². The highest BCUT2D eigenvalue weighted by atomic mass is 32.2. The molecule has 184 valence electrons. The number of methoxy groups -OCH3 is 1. The van der Waals surface area contributed by atoms with E-state index in [1.807, 2.05) is 30.3 Å². The average Bonchev–Trinajstić information content (AvgIpc) is 3.22. The molecule has 9 heteroatoms. The Morgan fingerprint density at radius 1 is 1.15 bits per heavy atom. The van der Waals surface area contributed by atoms with Crippen LogP contribution >= 0.6 is 11.3 Å². The van der Waals surface area contributed by atoms with E-state index in [9.17, 15) is 18.0 Å². The number of carbonyl (C=O) groups excluding carboxylic acids is 2. The maximum absolute atomic E-state index is 13.1. The number of amides is 1. The molecular weight excluding hydrogens is 472 g/mol. The number of thiophene rings is 1. The van der Waals surface area contributed by atoms with Crippen LogP contribution in [0, 0.1) is 5.92 Å². The molecule has 1 aromatic heterocycles. The lowest BCUT2D eigenvalue weighted by Crippen LogP contribution is -2.44. The summed E-state index contributed by atoms with van der Waals surface area (Å²) in [6, 6.07) is 9.84. The summed E-state index contributed by atoms with van der Waals surface area (Å²) in [7, 11) is -2.09. The molecule has 1 saturated heterocycles. The zero-order chi connectivity index (χ0) is 24.1. The minimum atomic E-state index is -3.44. The van der Waals surface area contributed by atoms with Crippen LogP contribution in [0.15, 0.2) is 30.3 Å². The van der Waals surface area contributed by atoms with Gasteiger partial charge in [-0.25, -0.2) is 17.5 Å². The summed E-state index contributed by atoms with van der Waals surface area (Å²) in [5.74, 6) is -1.03. The second-order valence-electron chi connectivity index (χ2n) is 9.00. The molecule has 0 unspecified atom stereocenters. The minimum Gasteiger partial charge on any atom is -0.465 e. The molecule has 0 saturated carbocycles. The van der Waals surface area contributed by atoms with Crippen molar-refractivity contribution in [1.82, 2.24) is 4.31 Å². The average molecular weight is 505 g/mol. The van der Waals surface area contributed by atoms with Crippen LogP contribution < -0.4 is 5.32 Å². The van der Waals surface area contributed by atoms with Crippen LogP contribution in [0.2, 0.25) is 0 Å². The number of nitrogens with zero attached hydrogens (tertiary/aromatic N) is 1. The Bertz CT molecular complexity index is 1130. The van der Waals surface area contributed by atoms with Crippen LogP contribution in [0.3, 0.4) is 0 Å². The molecule has 0 radical (unpaired) electrons. The van der Waals surface area contributed by atoms with Crippen molar-refractivity contribution in [2.45, 2.75) is 51.4 Å². The van der Waals surface area contributed by atoms with Crippen molar-refractivity contribution in [2.24, 2.45) is 5.92 Å². The molecule has 1 fully saturated rings. The van der Waals surface area contributed by atoms with E-state index in [4.69, 9.17) is 4.74 Å². The van der Waals surface area contributed by atoms with E-state index in [1.54, 1.807) is 0 Å². The number of aryl methyl sites for hydroxylation is 2. The Kier molecular flexibility index (Phi) is 8.06. The molecule has 2 aliphatic rings. The summed E-state index contributed by atoms with van der Waals surface area (Å²) in [4.78, 5) is 26.7. The quantitative estimate of drug-likeness (QED) is 0.548. The summed E-state index contributed by atoms with van der Waals surface area (Å²) in [5, 5.41) is 3.48. The third-order valence-corrected chi connectivity index (χ3v) is 9.79. The van der Waals surface area contributed by atoms with Crippen molar-refractivity contribution in [2.75, 3.05) is 31.3 Å². The zero-order valence-corrected chi connectivity index (χ0v) is 21.2. The summed E-state index contributed by atoms with van der Waals surface area (Å²) in [5.41, 5.74) is 2.58. The molecule has 1 atom stereocenters. The Morgan fingerprint density at radius 2 is 1.91 bits per heavy atom. The lowest BCUT2D eigenvalue weighted by atomic mass is 9.95. The van der Waals surface area contributed by atoms with E-state index >= 15 is 0 Å². The molecule has 1 amide bonds. The van der Waals surface area contributed by atoms with Gasteiger partial charge in [0.2, 0.25) is 15.9 Å². The van der Waals surface area contributed by atoms with Crippen LogP contribution in [-0.2, 0) is 38.8 Å². The van der Waals surface area contributed by atoms with E-state index in [0.717, 1.165) is 41.7 Å². The normalized spacial score (nSPS) is 18.8. The van der Waals surface area contributed by atoms with Crippen molar-refractivity contribution >= 4 is 38.2 Å². The summed E-state index contributed by atoms with van der Waals surface area (Å²) in [6.45, 7) is 0.621. The fourth-order valence-electron chi connectivity index (χ4n) is 4.83. The molecule has 1 aliphatic heterocycles. The number of fused-ring (bicyclic) bond motifs is 1. The minimum absolute atomic E-state index is 0.0698. The summed E-state index contributed by atoms with van der Waals surface area (Å²) < 4.78 is 32.4. The monoisotopic (exact) mass is 504 g/mol. The number of nitrogens with one attached hydrogen (secondary N) is 1. The molecule has 7 nitrogen and oxygen atoms in total. The molecule has 34 heavy (non-hydrogen) atoms. The van der Waals surface area contributed by atoms with E-state index in [0.29, 0.717) is 42.8 Å². The van der Waals surface area contributed by atoms with Gasteiger partial charge < -0.3 is 10.1 Å². The van der Waals surface area contributed by atoms with Gasteiger partial charge in [-0.3, -0.25) is 4.79 Å². The van der Waals surface area contributed by atoms with E-state index in [1.165, 1.54) is 22.8 Å². The maximum atomic E-state index is 13.1. The van der Waals surface area contributed by atoms with Gasteiger partial charge in [0.05, 0.1) is 24.3 Å². The highest BCUT2D eigenvalue weighted by Crippen LogP contribution is 2.39. The molecule has 2 aromatic rings. The highest BCUT2D eigenvalue weighted by molar-refractivity contribution is 7.89. The second kappa shape index (κ2) is 11.0. The standard InChI is InChI=1S/C25H32N2O5S2/c1-32-25(29)22-20-13-5-6-14-21(20)33-24(22)26-23(28)19-12-7-15-27(17-19)34(30,31)16-8-11-18-9-3-2-4-10-18/h2-4,9-10,19H,5-8,11-17H2,1H3,(H,26,28)/t19-/m0/s1. The first-order valence-corrected chi connectivity index (χ1v) is 14.4. The van der Waals surface area contributed by atoms with Gasteiger partial charge in [0, 0.05) is 18.0 Å². The van der Waals surface area contributed by atoms with E-state index in [-0.39, 0.29) is 18.2 Å². The van der Waals surface area contributed by atoms with Crippen LogP contribution in [0.5, 0.6) is 0 Å². The van der Waals surface area contributed by atoms with E-state index in [2.05, 4.69) is 5.32 Å². The Morgan fingerprint density at radius 3 is 2.68 bits per heavy atom. The number of esters is 1. The Hall–Kier alpha value is -2.23. The molecular formula is C25H32N2O5S2. The number of sulfonamides is 1. The zero-order valence-electron chi connectivity index (χ0n) is 19.5. The number of hydrogen-bond donors (Lipinski definition) is 1. The molecule has 1 N–H and O–H groups in total. The number of ether oxygens (including phenoxy) is 1. The van der Waals surface area contributed by atoms with Gasteiger partial charge in [0.25, 0.3) is 0 Å². The third-order valence-electron chi connectivity index (χ3n) is 6.66. The summed E-state index contributed by atoms with van der Waals surface area (Å²) >= 11 is 1.45. The first-order valence-electron chi connectivity index (χ1n) is 11.9. The van der Waals surface area contributed by atoms with Crippen LogP contribution in [-0.4, -0.2) is 50.6 Å².